The molecule has 0 bridgehead atoms. The molecule has 0 aliphatic rings. The maximum Gasteiger partial charge on any atom is 0.235 e. The van der Waals surface area contributed by atoms with Crippen LogP contribution in [0.15, 0.2) is 0 Å². The van der Waals surface area contributed by atoms with Crippen LogP contribution in [0.1, 0.15) is 6.42 Å². The van der Waals surface area contributed by atoms with E-state index in [-0.39, 0.29) is 0 Å². The molecule has 2 nitrogen and oxygen atoms in total. The molecule has 0 amide bonds. The fourth-order valence-corrected chi connectivity index (χ4v) is 0.311. The standard InChI is InChI=1S/C6H9O2/c1-4-5-6(7-2)8-3/h1H,5H2,2-3H3. The summed E-state index contributed by atoms with van der Waals surface area (Å²) >= 11 is 0. The van der Waals surface area contributed by atoms with Gasteiger partial charge in [-0.05, 0) is 0 Å². The Morgan fingerprint density at radius 2 is 2.00 bits per heavy atom. The minimum Gasteiger partial charge on any atom is -0.348 e. The Bertz CT molecular complexity index is 79.0. The zero-order valence-electron chi connectivity index (χ0n) is 5.10. The molecule has 0 saturated heterocycles. The van der Waals surface area contributed by atoms with Gasteiger partial charge in [0, 0.05) is 14.2 Å². The van der Waals surface area contributed by atoms with Gasteiger partial charge in [-0.1, -0.05) is 0 Å². The van der Waals surface area contributed by atoms with Crippen molar-refractivity contribution in [3.63, 3.8) is 0 Å². The van der Waals surface area contributed by atoms with Gasteiger partial charge in [-0.25, -0.2) is 0 Å². The normalized spacial score (nSPS) is 9.25. The van der Waals surface area contributed by atoms with Gasteiger partial charge in [0.25, 0.3) is 0 Å². The first-order chi connectivity index (χ1) is 3.85. The van der Waals surface area contributed by atoms with Gasteiger partial charge in [0.05, 0.1) is 6.42 Å². The number of hydrogen-bond acceptors (Lipinski definition) is 2. The summed E-state index contributed by atoms with van der Waals surface area (Å²) < 4.78 is 9.38. The molecule has 0 aliphatic carbocycles. The fraction of sp³-hybridized carbons (Fsp3) is 0.500. The predicted octanol–water partition coefficient (Wildman–Crippen LogP) is 0.792. The Kier molecular flexibility index (Phi) is 4.33. The van der Waals surface area contributed by atoms with Crippen molar-refractivity contribution < 1.29 is 9.47 Å². The third-order valence-corrected chi connectivity index (χ3v) is 0.702. The highest BCUT2D eigenvalue weighted by Gasteiger charge is 2.02. The van der Waals surface area contributed by atoms with E-state index in [1.54, 1.807) is 0 Å². The molecule has 2 heteroatoms. The maximum absolute atomic E-state index is 4.95. The summed E-state index contributed by atoms with van der Waals surface area (Å²) in [6.07, 6.45) is 5.85. The molecule has 0 N–H and O–H groups in total. The van der Waals surface area contributed by atoms with Crippen molar-refractivity contribution in [2.75, 3.05) is 14.2 Å². The number of hydrogen-bond donors (Lipinski definition) is 0. The monoisotopic (exact) mass is 113 g/mol. The number of terminal acetylenes is 1. The topological polar surface area (TPSA) is 18.5 Å². The van der Waals surface area contributed by atoms with Gasteiger partial charge in [-0.15, -0.1) is 12.3 Å². The Hall–Kier alpha value is -0.520. The molecule has 0 aliphatic heterocycles. The third kappa shape index (κ3) is 2.62. The summed E-state index contributed by atoms with van der Waals surface area (Å²) in [5.41, 5.74) is 0. The SMILES string of the molecule is C#CC[C](OC)OC. The highest BCUT2D eigenvalue weighted by Crippen LogP contribution is 2.03. The minimum absolute atomic E-state index is 0.424. The predicted molar refractivity (Wildman–Crippen MR) is 30.7 cm³/mol. The van der Waals surface area contributed by atoms with Crippen LogP contribution in [0.25, 0.3) is 0 Å². The lowest BCUT2D eigenvalue weighted by Gasteiger charge is -2.05. The highest BCUT2D eigenvalue weighted by atomic mass is 16.7. The molecule has 0 heterocycles. The molecule has 0 rings (SSSR count). The molecule has 0 aromatic carbocycles. The van der Waals surface area contributed by atoms with E-state index in [1.165, 1.54) is 14.2 Å². The molecule has 0 saturated carbocycles. The zero-order chi connectivity index (χ0) is 6.41. The Labute approximate surface area is 49.8 Å². The molecule has 0 aromatic rings. The van der Waals surface area contributed by atoms with E-state index in [0.717, 1.165) is 0 Å². The Morgan fingerprint density at radius 3 is 2.12 bits per heavy atom. The summed E-state index contributed by atoms with van der Waals surface area (Å²) in [5.74, 6) is 2.38. The van der Waals surface area contributed by atoms with E-state index in [1.807, 2.05) is 0 Å². The first kappa shape index (κ1) is 7.48. The van der Waals surface area contributed by atoms with Crippen LogP contribution in [0.3, 0.4) is 0 Å². The van der Waals surface area contributed by atoms with E-state index in [4.69, 9.17) is 15.9 Å². The van der Waals surface area contributed by atoms with Gasteiger partial charge in [0.2, 0.25) is 6.29 Å². The zero-order valence-corrected chi connectivity index (χ0v) is 5.10. The third-order valence-electron chi connectivity index (χ3n) is 0.702. The average Bonchev–Trinajstić information content (AvgIpc) is 1.83. The quantitative estimate of drug-likeness (QED) is 0.504. The van der Waals surface area contributed by atoms with E-state index >= 15 is 0 Å². The summed E-state index contributed by atoms with van der Waals surface area (Å²) in [4.78, 5) is 0. The van der Waals surface area contributed by atoms with E-state index in [9.17, 15) is 0 Å². The lowest BCUT2D eigenvalue weighted by molar-refractivity contribution is 0.00547. The number of rotatable bonds is 3. The second-order valence-corrected chi connectivity index (χ2v) is 1.16. The molecule has 0 unspecified atom stereocenters. The Balaban J connectivity index is 3.25. The van der Waals surface area contributed by atoms with E-state index < -0.39 is 0 Å². The van der Waals surface area contributed by atoms with Gasteiger partial charge in [0.1, 0.15) is 0 Å². The molecule has 0 atom stereocenters. The summed E-state index contributed by atoms with van der Waals surface area (Å²) in [5, 5.41) is 0. The largest absolute Gasteiger partial charge is 0.348 e. The molecular formula is C6H9O2. The lowest BCUT2D eigenvalue weighted by atomic mass is 10.4. The van der Waals surface area contributed by atoms with Gasteiger partial charge in [0.15, 0.2) is 0 Å². The van der Waals surface area contributed by atoms with Crippen LogP contribution in [0.5, 0.6) is 0 Å². The second-order valence-electron chi connectivity index (χ2n) is 1.16. The fourth-order valence-electron chi connectivity index (χ4n) is 0.311. The molecule has 0 fully saturated rings. The Morgan fingerprint density at radius 1 is 1.50 bits per heavy atom. The van der Waals surface area contributed by atoms with Crippen LogP contribution in [-0.2, 0) is 9.47 Å². The molecule has 1 radical (unpaired) electrons. The average molecular weight is 113 g/mol. The summed E-state index contributed by atoms with van der Waals surface area (Å²) in [6.45, 7) is 0. The molecule has 8 heavy (non-hydrogen) atoms. The molecule has 0 aromatic heterocycles. The van der Waals surface area contributed by atoms with Crippen LogP contribution >= 0.6 is 0 Å². The smallest absolute Gasteiger partial charge is 0.235 e. The van der Waals surface area contributed by atoms with Crippen LogP contribution in [0, 0.1) is 18.6 Å². The minimum atomic E-state index is 0.424. The first-order valence-electron chi connectivity index (χ1n) is 2.22. The van der Waals surface area contributed by atoms with Crippen molar-refractivity contribution in [2.45, 2.75) is 6.42 Å². The van der Waals surface area contributed by atoms with Crippen LogP contribution in [-0.4, -0.2) is 14.2 Å². The van der Waals surface area contributed by atoms with Crippen LogP contribution in [0.2, 0.25) is 0 Å². The van der Waals surface area contributed by atoms with Crippen molar-refractivity contribution in [1.82, 2.24) is 0 Å². The van der Waals surface area contributed by atoms with E-state index in [2.05, 4.69) is 5.92 Å². The highest BCUT2D eigenvalue weighted by molar-refractivity contribution is 4.90. The van der Waals surface area contributed by atoms with Crippen molar-refractivity contribution in [2.24, 2.45) is 0 Å². The van der Waals surface area contributed by atoms with Gasteiger partial charge in [-0.2, -0.15) is 0 Å². The molecule has 45 valence electrons. The first-order valence-corrected chi connectivity index (χ1v) is 2.22. The van der Waals surface area contributed by atoms with Gasteiger partial charge in [-0.3, -0.25) is 0 Å². The molecule has 0 spiro atoms. The van der Waals surface area contributed by atoms with Crippen molar-refractivity contribution >= 4 is 0 Å². The van der Waals surface area contributed by atoms with Crippen LogP contribution < -0.4 is 0 Å². The lowest BCUT2D eigenvalue weighted by Crippen LogP contribution is -2.00. The van der Waals surface area contributed by atoms with Gasteiger partial charge >= 0.3 is 0 Å². The maximum atomic E-state index is 4.95. The number of ether oxygens (including phenoxy) is 2. The molecular weight excluding hydrogens is 104 g/mol. The second kappa shape index (κ2) is 4.63. The van der Waals surface area contributed by atoms with Crippen molar-refractivity contribution in [3.05, 3.63) is 6.29 Å². The van der Waals surface area contributed by atoms with Crippen LogP contribution in [0.4, 0.5) is 0 Å². The van der Waals surface area contributed by atoms with Crippen molar-refractivity contribution in [3.8, 4) is 12.3 Å². The number of methoxy groups -OCH3 is 2. The summed E-state index contributed by atoms with van der Waals surface area (Å²) in [7, 11) is 3.05. The summed E-state index contributed by atoms with van der Waals surface area (Å²) in [6, 6.07) is 0. The van der Waals surface area contributed by atoms with Gasteiger partial charge < -0.3 is 9.47 Å². The van der Waals surface area contributed by atoms with E-state index in [0.29, 0.717) is 12.7 Å². The van der Waals surface area contributed by atoms with Crippen molar-refractivity contribution in [1.29, 1.82) is 0 Å².